The Morgan fingerprint density at radius 3 is 2.31 bits per heavy atom. The summed E-state index contributed by atoms with van der Waals surface area (Å²) < 4.78 is 31.9. The third kappa shape index (κ3) is 6.49. The molecule has 0 aromatic heterocycles. The first-order chi connectivity index (χ1) is 13.6. The van der Waals surface area contributed by atoms with Crippen molar-refractivity contribution in [3.8, 4) is 5.75 Å². The van der Waals surface area contributed by atoms with Gasteiger partial charge in [0, 0.05) is 0 Å². The van der Waals surface area contributed by atoms with Crippen LogP contribution in [0.25, 0.3) is 0 Å². The summed E-state index contributed by atoms with van der Waals surface area (Å²) in [6.07, 6.45) is 1.47. The molecule has 0 unspecified atom stereocenters. The predicted octanol–water partition coefficient (Wildman–Crippen LogP) is 3.43. The average Bonchev–Trinajstić information content (AvgIpc) is 2.64. The van der Waals surface area contributed by atoms with Crippen molar-refractivity contribution in [2.75, 3.05) is 17.2 Å². The molecule has 2 aromatic carbocycles. The predicted molar refractivity (Wildman–Crippen MR) is 117 cm³/mol. The minimum atomic E-state index is -3.64. The van der Waals surface area contributed by atoms with Crippen molar-refractivity contribution < 1.29 is 17.9 Å². The number of amides is 1. The molecule has 0 aliphatic rings. The van der Waals surface area contributed by atoms with E-state index < -0.39 is 16.1 Å². The number of sulfonamides is 1. The maximum absolute atomic E-state index is 12.9. The number of nitrogens with zero attached hydrogens (tertiary/aromatic N) is 1. The summed E-state index contributed by atoms with van der Waals surface area (Å²) in [7, 11) is -3.64. The standard InChI is InChI=1S/C22H30N2O4S/c1-6-21(24(29(5,26)27)19-9-7-8-17(3)14-19)22(25)23-18(4)15-28-20-12-10-16(2)11-13-20/h7-14,18,21H,6,15H2,1-5H3,(H,23,25)/t18-,21-/m1/s1. The van der Waals surface area contributed by atoms with E-state index in [2.05, 4.69) is 5.32 Å². The molecule has 2 rings (SSSR count). The van der Waals surface area contributed by atoms with E-state index in [-0.39, 0.29) is 18.6 Å². The zero-order valence-corrected chi connectivity index (χ0v) is 18.5. The van der Waals surface area contributed by atoms with Gasteiger partial charge < -0.3 is 10.1 Å². The second-order valence-corrected chi connectivity index (χ2v) is 9.21. The lowest BCUT2D eigenvalue weighted by atomic mass is 10.1. The Balaban J connectivity index is 2.11. The van der Waals surface area contributed by atoms with Crippen LogP contribution in [0.5, 0.6) is 5.75 Å². The smallest absolute Gasteiger partial charge is 0.244 e. The van der Waals surface area contributed by atoms with Gasteiger partial charge in [0.25, 0.3) is 0 Å². The summed E-state index contributed by atoms with van der Waals surface area (Å²) in [5.41, 5.74) is 2.55. The van der Waals surface area contributed by atoms with E-state index in [1.165, 1.54) is 4.31 Å². The summed E-state index contributed by atoms with van der Waals surface area (Å²) >= 11 is 0. The van der Waals surface area contributed by atoms with Gasteiger partial charge in [0.1, 0.15) is 18.4 Å². The van der Waals surface area contributed by atoms with Crippen LogP contribution in [0.2, 0.25) is 0 Å². The average molecular weight is 419 g/mol. The molecule has 0 aliphatic carbocycles. The van der Waals surface area contributed by atoms with Gasteiger partial charge in [0.15, 0.2) is 0 Å². The largest absolute Gasteiger partial charge is 0.491 e. The second kappa shape index (κ2) is 9.78. The highest BCUT2D eigenvalue weighted by atomic mass is 32.2. The highest BCUT2D eigenvalue weighted by molar-refractivity contribution is 7.92. The molecule has 1 N–H and O–H groups in total. The Morgan fingerprint density at radius 2 is 1.76 bits per heavy atom. The Kier molecular flexibility index (Phi) is 7.67. The SMILES string of the molecule is CC[C@H](C(=O)N[C@H](C)COc1ccc(C)cc1)N(c1cccc(C)c1)S(C)(=O)=O. The highest BCUT2D eigenvalue weighted by Crippen LogP contribution is 2.23. The van der Waals surface area contributed by atoms with Crippen LogP contribution >= 0.6 is 0 Å². The summed E-state index contributed by atoms with van der Waals surface area (Å²) in [5, 5.41) is 2.88. The molecular formula is C22H30N2O4S. The van der Waals surface area contributed by atoms with E-state index in [1.54, 1.807) is 25.1 Å². The highest BCUT2D eigenvalue weighted by Gasteiger charge is 2.32. The summed E-state index contributed by atoms with van der Waals surface area (Å²) in [4.78, 5) is 12.9. The molecule has 0 saturated carbocycles. The van der Waals surface area contributed by atoms with Gasteiger partial charge in [-0.25, -0.2) is 8.42 Å². The Bertz CT molecular complexity index is 926. The number of aryl methyl sites for hydroxylation is 2. The molecule has 1 amide bonds. The first kappa shape index (κ1) is 22.7. The molecule has 0 saturated heterocycles. The van der Waals surface area contributed by atoms with Crippen molar-refractivity contribution in [1.82, 2.24) is 5.32 Å². The van der Waals surface area contributed by atoms with E-state index >= 15 is 0 Å². The Morgan fingerprint density at radius 1 is 1.10 bits per heavy atom. The number of hydrogen-bond acceptors (Lipinski definition) is 4. The Hall–Kier alpha value is -2.54. The van der Waals surface area contributed by atoms with Gasteiger partial charge in [-0.15, -0.1) is 0 Å². The molecule has 6 nitrogen and oxygen atoms in total. The van der Waals surface area contributed by atoms with Crippen molar-refractivity contribution >= 4 is 21.6 Å². The number of rotatable bonds is 9. The normalized spacial score (nSPS) is 13.4. The zero-order valence-electron chi connectivity index (χ0n) is 17.7. The minimum Gasteiger partial charge on any atom is -0.491 e. The van der Waals surface area contributed by atoms with Gasteiger partial charge in [-0.2, -0.15) is 0 Å². The molecule has 0 heterocycles. The molecule has 0 radical (unpaired) electrons. The topological polar surface area (TPSA) is 75.7 Å². The quantitative estimate of drug-likeness (QED) is 0.677. The summed E-state index contributed by atoms with van der Waals surface area (Å²) in [5.74, 6) is 0.376. The van der Waals surface area contributed by atoms with Crippen LogP contribution in [0, 0.1) is 13.8 Å². The van der Waals surface area contributed by atoms with Gasteiger partial charge >= 0.3 is 0 Å². The van der Waals surface area contributed by atoms with Crippen LogP contribution < -0.4 is 14.4 Å². The molecule has 0 bridgehead atoms. The van der Waals surface area contributed by atoms with Gasteiger partial charge in [-0.3, -0.25) is 9.10 Å². The van der Waals surface area contributed by atoms with Crippen LogP contribution in [0.15, 0.2) is 48.5 Å². The van der Waals surface area contributed by atoms with Crippen molar-refractivity contribution in [2.24, 2.45) is 0 Å². The van der Waals surface area contributed by atoms with Crippen LogP contribution in [-0.4, -0.2) is 39.3 Å². The third-order valence-corrected chi connectivity index (χ3v) is 5.68. The first-order valence-electron chi connectivity index (χ1n) is 9.67. The fourth-order valence-electron chi connectivity index (χ4n) is 3.06. The zero-order chi connectivity index (χ0) is 21.6. The van der Waals surface area contributed by atoms with Crippen LogP contribution in [0.4, 0.5) is 5.69 Å². The summed E-state index contributed by atoms with van der Waals surface area (Å²) in [6, 6.07) is 13.7. The van der Waals surface area contributed by atoms with Crippen molar-refractivity contribution in [3.05, 3.63) is 59.7 Å². The number of carbonyl (C=O) groups excluding carboxylic acids is 1. The number of ether oxygens (including phenoxy) is 1. The number of anilines is 1. The molecule has 158 valence electrons. The van der Waals surface area contributed by atoms with E-state index in [9.17, 15) is 13.2 Å². The minimum absolute atomic E-state index is 0.281. The third-order valence-electron chi connectivity index (χ3n) is 4.50. The molecular weight excluding hydrogens is 388 g/mol. The lowest BCUT2D eigenvalue weighted by Gasteiger charge is -2.31. The number of hydrogen-bond donors (Lipinski definition) is 1. The lowest BCUT2D eigenvalue weighted by molar-refractivity contribution is -0.123. The molecule has 0 aliphatic heterocycles. The number of carbonyl (C=O) groups is 1. The number of benzene rings is 2. The maximum Gasteiger partial charge on any atom is 0.244 e. The fourth-order valence-corrected chi connectivity index (χ4v) is 4.27. The van der Waals surface area contributed by atoms with Crippen LogP contribution in [0.1, 0.15) is 31.4 Å². The first-order valence-corrected chi connectivity index (χ1v) is 11.5. The molecule has 7 heteroatoms. The van der Waals surface area contributed by atoms with Gasteiger partial charge in [-0.1, -0.05) is 36.8 Å². The lowest BCUT2D eigenvalue weighted by Crippen LogP contribution is -2.52. The molecule has 29 heavy (non-hydrogen) atoms. The van der Waals surface area contributed by atoms with E-state index in [0.717, 1.165) is 23.1 Å². The van der Waals surface area contributed by atoms with Crippen molar-refractivity contribution in [2.45, 2.75) is 46.2 Å². The van der Waals surface area contributed by atoms with Crippen molar-refractivity contribution in [1.29, 1.82) is 0 Å². The van der Waals surface area contributed by atoms with Gasteiger partial charge in [0.05, 0.1) is 18.0 Å². The van der Waals surface area contributed by atoms with Gasteiger partial charge in [0.2, 0.25) is 15.9 Å². The van der Waals surface area contributed by atoms with Crippen LogP contribution in [0.3, 0.4) is 0 Å². The Labute approximate surface area is 173 Å². The van der Waals surface area contributed by atoms with E-state index in [0.29, 0.717) is 12.1 Å². The second-order valence-electron chi connectivity index (χ2n) is 7.36. The van der Waals surface area contributed by atoms with E-state index in [1.807, 2.05) is 51.1 Å². The summed E-state index contributed by atoms with van der Waals surface area (Å²) in [6.45, 7) is 7.80. The van der Waals surface area contributed by atoms with Gasteiger partial charge in [-0.05, 0) is 57.0 Å². The molecule has 0 fully saturated rings. The molecule has 2 atom stereocenters. The maximum atomic E-state index is 12.9. The van der Waals surface area contributed by atoms with Crippen LogP contribution in [-0.2, 0) is 14.8 Å². The van der Waals surface area contributed by atoms with E-state index in [4.69, 9.17) is 4.74 Å². The molecule has 0 spiro atoms. The fraction of sp³-hybridized carbons (Fsp3) is 0.409. The number of nitrogens with one attached hydrogen (secondary N) is 1. The monoisotopic (exact) mass is 418 g/mol. The molecule has 2 aromatic rings. The van der Waals surface area contributed by atoms with Crippen molar-refractivity contribution in [3.63, 3.8) is 0 Å².